The second-order valence-corrected chi connectivity index (χ2v) is 5.89. The Bertz CT molecular complexity index is 534. The normalized spacial score (nSPS) is 23.1. The molecule has 0 aromatic heterocycles. The quantitative estimate of drug-likeness (QED) is 0.783. The van der Waals surface area contributed by atoms with Gasteiger partial charge in [0.25, 0.3) is 0 Å². The van der Waals surface area contributed by atoms with Crippen molar-refractivity contribution in [2.75, 3.05) is 29.5 Å². The molecule has 2 fully saturated rings. The summed E-state index contributed by atoms with van der Waals surface area (Å²) >= 11 is 3.46. The van der Waals surface area contributed by atoms with E-state index in [9.17, 15) is 9.59 Å². The van der Waals surface area contributed by atoms with Crippen LogP contribution in [0.4, 0.5) is 16.2 Å². The molecular formula is C13H13BrN2O3. The predicted octanol–water partition coefficient (Wildman–Crippen LogP) is 2.14. The van der Waals surface area contributed by atoms with Gasteiger partial charge in [-0.1, -0.05) is 22.0 Å². The number of anilines is 2. The molecule has 1 aromatic rings. The fraction of sp³-hybridized carbons (Fsp3) is 0.385. The number of halogens is 1. The number of rotatable bonds is 2. The first-order chi connectivity index (χ1) is 9.15. The molecule has 100 valence electrons. The van der Waals surface area contributed by atoms with Crippen LogP contribution < -0.4 is 9.80 Å². The zero-order chi connectivity index (χ0) is 13.4. The summed E-state index contributed by atoms with van der Waals surface area (Å²) in [5, 5.41) is 0. The van der Waals surface area contributed by atoms with Crippen molar-refractivity contribution in [3.8, 4) is 0 Å². The molecule has 0 spiro atoms. The highest BCUT2D eigenvalue weighted by Crippen LogP contribution is 2.29. The molecule has 19 heavy (non-hydrogen) atoms. The average Bonchev–Trinajstić information content (AvgIpc) is 2.95. The van der Waals surface area contributed by atoms with Crippen LogP contribution in [0.25, 0.3) is 0 Å². The summed E-state index contributed by atoms with van der Waals surface area (Å²) in [6, 6.07) is 7.44. The van der Waals surface area contributed by atoms with Gasteiger partial charge in [-0.3, -0.25) is 9.69 Å². The van der Waals surface area contributed by atoms with E-state index in [-0.39, 0.29) is 16.8 Å². The van der Waals surface area contributed by atoms with Crippen molar-refractivity contribution in [2.24, 2.45) is 0 Å². The van der Waals surface area contributed by atoms with Crippen molar-refractivity contribution in [3.05, 3.63) is 24.3 Å². The molecule has 2 aliphatic heterocycles. The molecule has 5 nitrogen and oxygen atoms in total. The minimum Gasteiger partial charge on any atom is -0.447 e. The number of cyclic esters (lactones) is 1. The third-order valence-corrected chi connectivity index (χ3v) is 3.91. The molecule has 0 radical (unpaired) electrons. The van der Waals surface area contributed by atoms with Gasteiger partial charge in [0.1, 0.15) is 6.61 Å². The van der Waals surface area contributed by atoms with E-state index in [2.05, 4.69) is 15.9 Å². The summed E-state index contributed by atoms with van der Waals surface area (Å²) in [6.07, 6.45) is 0.180. The lowest BCUT2D eigenvalue weighted by atomic mass is 10.2. The van der Waals surface area contributed by atoms with Crippen LogP contribution in [-0.2, 0) is 9.53 Å². The molecule has 0 saturated carbocycles. The Kier molecular flexibility index (Phi) is 3.18. The van der Waals surface area contributed by atoms with Crippen LogP contribution in [0, 0.1) is 0 Å². The van der Waals surface area contributed by atoms with Gasteiger partial charge < -0.3 is 9.64 Å². The molecule has 3 rings (SSSR count). The number of carbonyl (C=O) groups is 2. The third kappa shape index (κ3) is 2.32. The van der Waals surface area contributed by atoms with Crippen LogP contribution in [0.1, 0.15) is 6.42 Å². The Morgan fingerprint density at radius 1 is 1.21 bits per heavy atom. The highest BCUT2D eigenvalue weighted by atomic mass is 79.9. The Labute approximate surface area is 119 Å². The number of nitrogens with zero attached hydrogens (tertiary/aromatic N) is 2. The van der Waals surface area contributed by atoms with Crippen LogP contribution in [0.15, 0.2) is 24.3 Å². The van der Waals surface area contributed by atoms with E-state index >= 15 is 0 Å². The van der Waals surface area contributed by atoms with E-state index in [1.165, 1.54) is 0 Å². The Morgan fingerprint density at radius 2 is 1.95 bits per heavy atom. The van der Waals surface area contributed by atoms with Crippen molar-refractivity contribution in [1.82, 2.24) is 0 Å². The van der Waals surface area contributed by atoms with Crippen LogP contribution in [0.3, 0.4) is 0 Å². The average molecular weight is 325 g/mol. The number of ether oxygens (including phenoxy) is 1. The van der Waals surface area contributed by atoms with E-state index < -0.39 is 0 Å². The minimum absolute atomic E-state index is 0.100. The van der Waals surface area contributed by atoms with Crippen molar-refractivity contribution >= 4 is 39.3 Å². The molecule has 2 heterocycles. The fourth-order valence-electron chi connectivity index (χ4n) is 2.37. The zero-order valence-electron chi connectivity index (χ0n) is 10.2. The second-order valence-electron chi connectivity index (χ2n) is 4.59. The molecule has 0 N–H and O–H groups in total. The van der Waals surface area contributed by atoms with Gasteiger partial charge in [0, 0.05) is 29.2 Å². The van der Waals surface area contributed by atoms with Gasteiger partial charge in [-0.25, -0.2) is 4.79 Å². The predicted molar refractivity (Wildman–Crippen MR) is 74.8 cm³/mol. The lowest BCUT2D eigenvalue weighted by Crippen LogP contribution is -2.26. The van der Waals surface area contributed by atoms with Gasteiger partial charge >= 0.3 is 6.09 Å². The van der Waals surface area contributed by atoms with Crippen LogP contribution in [0.5, 0.6) is 0 Å². The molecule has 0 aliphatic carbocycles. The van der Waals surface area contributed by atoms with Gasteiger partial charge in [0.2, 0.25) is 5.91 Å². The summed E-state index contributed by atoms with van der Waals surface area (Å²) in [5.74, 6) is 0.100. The lowest BCUT2D eigenvalue weighted by molar-refractivity contribution is -0.117. The largest absolute Gasteiger partial charge is 0.447 e. The molecule has 2 aliphatic rings. The van der Waals surface area contributed by atoms with Crippen molar-refractivity contribution < 1.29 is 14.3 Å². The van der Waals surface area contributed by atoms with Gasteiger partial charge in [-0.05, 0) is 18.2 Å². The van der Waals surface area contributed by atoms with Crippen molar-refractivity contribution in [2.45, 2.75) is 11.2 Å². The SMILES string of the molecule is O=C1CC(Br)CN1c1cccc(N2CCOC2=O)c1. The van der Waals surface area contributed by atoms with Crippen molar-refractivity contribution in [3.63, 3.8) is 0 Å². The summed E-state index contributed by atoms with van der Waals surface area (Å²) in [6.45, 7) is 1.62. The van der Waals surface area contributed by atoms with Gasteiger partial charge in [0.15, 0.2) is 0 Å². The zero-order valence-corrected chi connectivity index (χ0v) is 11.8. The maximum atomic E-state index is 11.9. The van der Waals surface area contributed by atoms with E-state index in [4.69, 9.17) is 4.74 Å². The molecule has 1 aromatic carbocycles. The van der Waals surface area contributed by atoms with Gasteiger partial charge in [-0.2, -0.15) is 0 Å². The summed E-state index contributed by atoms with van der Waals surface area (Å²) in [5.41, 5.74) is 1.59. The first-order valence-corrected chi connectivity index (χ1v) is 7.05. The Balaban J connectivity index is 1.88. The first kappa shape index (κ1) is 12.5. The van der Waals surface area contributed by atoms with Gasteiger partial charge in [-0.15, -0.1) is 0 Å². The van der Waals surface area contributed by atoms with E-state index in [0.717, 1.165) is 11.4 Å². The minimum atomic E-state index is -0.330. The fourth-order valence-corrected chi connectivity index (χ4v) is 2.94. The first-order valence-electron chi connectivity index (χ1n) is 6.14. The Hall–Kier alpha value is -1.56. The monoisotopic (exact) mass is 324 g/mol. The molecule has 1 atom stereocenters. The molecule has 6 heteroatoms. The van der Waals surface area contributed by atoms with Crippen molar-refractivity contribution in [1.29, 1.82) is 0 Å². The maximum absolute atomic E-state index is 11.9. The highest BCUT2D eigenvalue weighted by Gasteiger charge is 2.30. The second kappa shape index (κ2) is 4.85. The summed E-state index contributed by atoms with van der Waals surface area (Å²) in [7, 11) is 0. The lowest BCUT2D eigenvalue weighted by Gasteiger charge is -2.19. The Morgan fingerprint density at radius 3 is 2.53 bits per heavy atom. The van der Waals surface area contributed by atoms with E-state index in [1.54, 1.807) is 9.80 Å². The van der Waals surface area contributed by atoms with E-state index in [1.807, 2.05) is 24.3 Å². The van der Waals surface area contributed by atoms with Crippen LogP contribution >= 0.6 is 15.9 Å². The summed E-state index contributed by atoms with van der Waals surface area (Å²) < 4.78 is 4.92. The van der Waals surface area contributed by atoms with E-state index in [0.29, 0.717) is 26.1 Å². The maximum Gasteiger partial charge on any atom is 0.414 e. The summed E-state index contributed by atoms with van der Waals surface area (Å²) in [4.78, 5) is 26.9. The smallest absolute Gasteiger partial charge is 0.414 e. The molecule has 2 saturated heterocycles. The standard InChI is InChI=1S/C13H13BrN2O3/c14-9-6-12(17)16(8-9)11-3-1-2-10(7-11)15-4-5-19-13(15)18/h1-3,7,9H,4-6,8H2. The van der Waals surface area contributed by atoms with Crippen LogP contribution in [-0.4, -0.2) is 36.5 Å². The number of carbonyl (C=O) groups excluding carboxylic acids is 2. The number of alkyl halides is 1. The molecule has 2 amide bonds. The molecule has 1 unspecified atom stereocenters. The topological polar surface area (TPSA) is 49.9 Å². The molecular weight excluding hydrogens is 312 g/mol. The number of benzene rings is 1. The number of amides is 2. The number of hydrogen-bond donors (Lipinski definition) is 0. The van der Waals surface area contributed by atoms with Crippen LogP contribution in [0.2, 0.25) is 0 Å². The van der Waals surface area contributed by atoms with Gasteiger partial charge in [0.05, 0.1) is 6.54 Å². The highest BCUT2D eigenvalue weighted by molar-refractivity contribution is 9.09. The molecule has 0 bridgehead atoms. The third-order valence-electron chi connectivity index (χ3n) is 3.29. The number of hydrogen-bond acceptors (Lipinski definition) is 3.